The standard InChI is InChI=1S/C6H5F2IN2/c7-6(8)3-2-11-5(9)1-4(3)10/h1-2,6H,(H2,10,11). The average molecular weight is 270 g/mol. The molecule has 2 nitrogen and oxygen atoms in total. The number of alkyl halides is 2. The molecule has 60 valence electrons. The topological polar surface area (TPSA) is 38.9 Å². The highest BCUT2D eigenvalue weighted by Crippen LogP contribution is 2.24. The molecule has 0 aromatic carbocycles. The molecule has 1 aromatic rings. The lowest BCUT2D eigenvalue weighted by atomic mass is 10.2. The zero-order valence-electron chi connectivity index (χ0n) is 5.39. The van der Waals surface area contributed by atoms with Crippen LogP contribution in [0.2, 0.25) is 0 Å². The number of nitrogens with two attached hydrogens (primary N) is 1. The molecule has 11 heavy (non-hydrogen) atoms. The van der Waals surface area contributed by atoms with Crippen LogP contribution < -0.4 is 5.73 Å². The summed E-state index contributed by atoms with van der Waals surface area (Å²) in [6.45, 7) is 0. The zero-order valence-corrected chi connectivity index (χ0v) is 7.55. The number of hydrogen-bond acceptors (Lipinski definition) is 2. The fourth-order valence-corrected chi connectivity index (χ4v) is 1.11. The number of pyridine rings is 1. The second-order valence-corrected chi connectivity index (χ2v) is 3.04. The van der Waals surface area contributed by atoms with E-state index in [2.05, 4.69) is 4.98 Å². The second-order valence-electron chi connectivity index (χ2n) is 1.94. The van der Waals surface area contributed by atoms with Gasteiger partial charge in [0.1, 0.15) is 3.70 Å². The Hall–Kier alpha value is -0.460. The van der Waals surface area contributed by atoms with Crippen LogP contribution in [0.3, 0.4) is 0 Å². The Balaban J connectivity index is 3.09. The van der Waals surface area contributed by atoms with Crippen molar-refractivity contribution in [3.63, 3.8) is 0 Å². The maximum Gasteiger partial charge on any atom is 0.267 e. The highest BCUT2D eigenvalue weighted by atomic mass is 127. The first kappa shape index (κ1) is 8.63. The van der Waals surface area contributed by atoms with E-state index in [1.807, 2.05) is 22.6 Å². The number of halogens is 3. The van der Waals surface area contributed by atoms with Gasteiger partial charge >= 0.3 is 0 Å². The molecule has 0 amide bonds. The van der Waals surface area contributed by atoms with Crippen LogP contribution in [0.4, 0.5) is 14.5 Å². The highest BCUT2D eigenvalue weighted by Gasteiger charge is 2.10. The first-order valence-electron chi connectivity index (χ1n) is 2.80. The van der Waals surface area contributed by atoms with E-state index in [4.69, 9.17) is 5.73 Å². The number of anilines is 1. The molecule has 0 aliphatic heterocycles. The lowest BCUT2D eigenvalue weighted by Crippen LogP contribution is -1.96. The van der Waals surface area contributed by atoms with E-state index in [1.165, 1.54) is 6.07 Å². The Kier molecular flexibility index (Phi) is 2.58. The van der Waals surface area contributed by atoms with E-state index < -0.39 is 6.43 Å². The molecule has 0 unspecified atom stereocenters. The van der Waals surface area contributed by atoms with Gasteiger partial charge in [0.05, 0.1) is 5.56 Å². The molecule has 0 aliphatic carbocycles. The monoisotopic (exact) mass is 270 g/mol. The van der Waals surface area contributed by atoms with Crippen LogP contribution in [0.5, 0.6) is 0 Å². The Morgan fingerprint density at radius 3 is 2.64 bits per heavy atom. The van der Waals surface area contributed by atoms with Crippen molar-refractivity contribution < 1.29 is 8.78 Å². The molecule has 0 saturated heterocycles. The predicted molar refractivity (Wildman–Crippen MR) is 46.3 cm³/mol. The van der Waals surface area contributed by atoms with E-state index in [0.29, 0.717) is 3.70 Å². The number of nitrogens with zero attached hydrogens (tertiary/aromatic N) is 1. The van der Waals surface area contributed by atoms with E-state index in [1.54, 1.807) is 0 Å². The molecule has 1 aromatic heterocycles. The maximum absolute atomic E-state index is 12.0. The van der Waals surface area contributed by atoms with Gasteiger partial charge in [0.25, 0.3) is 6.43 Å². The lowest BCUT2D eigenvalue weighted by Gasteiger charge is -2.02. The molecule has 5 heteroatoms. The van der Waals surface area contributed by atoms with Crippen molar-refractivity contribution >= 4 is 28.3 Å². The SMILES string of the molecule is Nc1cc(I)ncc1C(F)F. The third kappa shape index (κ3) is 1.98. The lowest BCUT2D eigenvalue weighted by molar-refractivity contribution is 0.152. The quantitative estimate of drug-likeness (QED) is 0.627. The van der Waals surface area contributed by atoms with Crippen LogP contribution in [-0.4, -0.2) is 4.98 Å². The van der Waals surface area contributed by atoms with E-state index >= 15 is 0 Å². The minimum Gasteiger partial charge on any atom is -0.398 e. The minimum absolute atomic E-state index is 0.0967. The first-order chi connectivity index (χ1) is 5.11. The summed E-state index contributed by atoms with van der Waals surface area (Å²) in [5, 5.41) is 0. The summed E-state index contributed by atoms with van der Waals surface area (Å²) in [7, 11) is 0. The summed E-state index contributed by atoms with van der Waals surface area (Å²) in [5.41, 5.74) is 5.19. The van der Waals surface area contributed by atoms with Gasteiger partial charge in [-0.05, 0) is 28.7 Å². The third-order valence-corrected chi connectivity index (χ3v) is 1.76. The van der Waals surface area contributed by atoms with Crippen LogP contribution in [0.15, 0.2) is 12.3 Å². The smallest absolute Gasteiger partial charge is 0.267 e. The molecular formula is C6H5F2IN2. The fourth-order valence-electron chi connectivity index (χ4n) is 0.637. The molecule has 2 N–H and O–H groups in total. The molecule has 0 bridgehead atoms. The van der Waals surface area contributed by atoms with Crippen LogP contribution in [0.25, 0.3) is 0 Å². The van der Waals surface area contributed by atoms with Gasteiger partial charge in [0, 0.05) is 11.9 Å². The van der Waals surface area contributed by atoms with Gasteiger partial charge in [0.15, 0.2) is 0 Å². The number of rotatable bonds is 1. The van der Waals surface area contributed by atoms with E-state index in [9.17, 15) is 8.78 Å². The molecule has 0 spiro atoms. The van der Waals surface area contributed by atoms with Crippen LogP contribution in [0.1, 0.15) is 12.0 Å². The molecule has 0 radical (unpaired) electrons. The normalized spacial score (nSPS) is 10.5. The van der Waals surface area contributed by atoms with Gasteiger partial charge in [-0.1, -0.05) is 0 Å². The van der Waals surface area contributed by atoms with Crippen LogP contribution in [0, 0.1) is 3.70 Å². The van der Waals surface area contributed by atoms with Crippen molar-refractivity contribution in [1.29, 1.82) is 0 Å². The van der Waals surface area contributed by atoms with Crippen molar-refractivity contribution in [2.45, 2.75) is 6.43 Å². The molecule has 0 aliphatic rings. The van der Waals surface area contributed by atoms with Gasteiger partial charge in [-0.2, -0.15) is 0 Å². The number of nitrogen functional groups attached to an aromatic ring is 1. The number of aromatic nitrogens is 1. The summed E-state index contributed by atoms with van der Waals surface area (Å²) < 4.78 is 24.7. The Morgan fingerprint density at radius 2 is 2.18 bits per heavy atom. The highest BCUT2D eigenvalue weighted by molar-refractivity contribution is 14.1. The van der Waals surface area contributed by atoms with Crippen molar-refractivity contribution in [3.8, 4) is 0 Å². The zero-order chi connectivity index (χ0) is 8.43. The molecular weight excluding hydrogens is 265 g/mol. The third-order valence-electron chi connectivity index (χ3n) is 1.17. The largest absolute Gasteiger partial charge is 0.398 e. The van der Waals surface area contributed by atoms with Gasteiger partial charge in [-0.25, -0.2) is 13.8 Å². The van der Waals surface area contributed by atoms with Gasteiger partial charge in [-0.3, -0.25) is 0 Å². The Morgan fingerprint density at radius 1 is 1.55 bits per heavy atom. The van der Waals surface area contributed by atoms with Crippen LogP contribution >= 0.6 is 22.6 Å². The van der Waals surface area contributed by atoms with E-state index in [0.717, 1.165) is 6.20 Å². The molecule has 0 fully saturated rings. The Bertz CT molecular complexity index is 265. The fraction of sp³-hybridized carbons (Fsp3) is 0.167. The summed E-state index contributed by atoms with van der Waals surface area (Å²) in [6.07, 6.45) is -1.44. The minimum atomic E-state index is -2.54. The van der Waals surface area contributed by atoms with E-state index in [-0.39, 0.29) is 11.3 Å². The van der Waals surface area contributed by atoms with Crippen molar-refractivity contribution in [1.82, 2.24) is 4.98 Å². The van der Waals surface area contributed by atoms with Gasteiger partial charge in [0.2, 0.25) is 0 Å². The maximum atomic E-state index is 12.0. The summed E-state index contributed by atoms with van der Waals surface area (Å²) >= 11 is 1.91. The average Bonchev–Trinajstić information content (AvgIpc) is 1.85. The van der Waals surface area contributed by atoms with Crippen molar-refractivity contribution in [2.75, 3.05) is 5.73 Å². The van der Waals surface area contributed by atoms with Crippen molar-refractivity contribution in [3.05, 3.63) is 21.5 Å². The van der Waals surface area contributed by atoms with Crippen molar-refractivity contribution in [2.24, 2.45) is 0 Å². The summed E-state index contributed by atoms with van der Waals surface area (Å²) in [4.78, 5) is 3.69. The second kappa shape index (κ2) is 3.29. The van der Waals surface area contributed by atoms with Gasteiger partial charge < -0.3 is 5.73 Å². The molecule has 0 atom stereocenters. The van der Waals surface area contributed by atoms with Gasteiger partial charge in [-0.15, -0.1) is 0 Å². The summed E-state index contributed by atoms with van der Waals surface area (Å²) in [5.74, 6) is 0. The molecule has 1 heterocycles. The number of hydrogen-bond donors (Lipinski definition) is 1. The molecule has 1 rings (SSSR count). The Labute approximate surface area is 75.9 Å². The summed E-state index contributed by atoms with van der Waals surface area (Å²) in [6, 6.07) is 1.42. The first-order valence-corrected chi connectivity index (χ1v) is 3.88. The van der Waals surface area contributed by atoms with Crippen LogP contribution in [-0.2, 0) is 0 Å². The molecule has 0 saturated carbocycles. The predicted octanol–water partition coefficient (Wildman–Crippen LogP) is 2.21.